The average molecular weight is 354 g/mol. The van der Waals surface area contributed by atoms with E-state index in [1.54, 1.807) is 13.8 Å². The number of hydrogen-bond acceptors (Lipinski definition) is 3. The van der Waals surface area contributed by atoms with Gasteiger partial charge in [-0.25, -0.2) is 17.9 Å². The number of benzene rings is 1. The Balaban J connectivity index is 3.34. The molecule has 0 spiro atoms. The number of carboxylic acids is 1. The Morgan fingerprint density at radius 1 is 1.33 bits per heavy atom. The molecule has 2 N–H and O–H groups in total. The first-order valence-corrected chi connectivity index (χ1v) is 8.51. The molecule has 0 aromatic heterocycles. The molecule has 118 valence electrons. The maximum Gasteiger partial charge on any atom is 0.338 e. The molecule has 21 heavy (non-hydrogen) atoms. The Hall–Kier alpha value is -0.820. The average Bonchev–Trinajstić information content (AvgIpc) is 2.25. The molecule has 0 heterocycles. The first kappa shape index (κ1) is 18.2. The van der Waals surface area contributed by atoms with Gasteiger partial charge in [-0.3, -0.25) is 0 Å². The molecule has 1 aromatic carbocycles. The fourth-order valence-electron chi connectivity index (χ4n) is 2.03. The molecule has 8 heteroatoms. The van der Waals surface area contributed by atoms with Crippen LogP contribution >= 0.6 is 23.2 Å². The van der Waals surface area contributed by atoms with Crippen LogP contribution in [0.3, 0.4) is 0 Å². The van der Waals surface area contributed by atoms with Gasteiger partial charge in [0.25, 0.3) is 0 Å². The zero-order valence-electron chi connectivity index (χ0n) is 11.9. The van der Waals surface area contributed by atoms with Crippen LogP contribution in [-0.4, -0.2) is 25.0 Å². The van der Waals surface area contributed by atoms with Crippen molar-refractivity contribution in [3.8, 4) is 0 Å². The number of hydrogen-bond donors (Lipinski definition) is 2. The van der Waals surface area contributed by atoms with Crippen molar-refractivity contribution < 1.29 is 18.3 Å². The Labute approximate surface area is 134 Å². The molecule has 0 aliphatic carbocycles. The van der Waals surface area contributed by atoms with E-state index in [1.807, 2.05) is 6.92 Å². The molecule has 1 aromatic rings. The number of rotatable bonds is 6. The van der Waals surface area contributed by atoms with Crippen LogP contribution in [0.15, 0.2) is 17.0 Å². The molecule has 5 nitrogen and oxygen atoms in total. The minimum absolute atomic E-state index is 0.112. The van der Waals surface area contributed by atoms with Crippen LogP contribution in [0.2, 0.25) is 10.0 Å². The molecule has 0 unspecified atom stereocenters. The van der Waals surface area contributed by atoms with Gasteiger partial charge in [0, 0.05) is 5.54 Å². The third kappa shape index (κ3) is 4.32. The second-order valence-electron chi connectivity index (χ2n) is 5.28. The highest BCUT2D eigenvalue weighted by Gasteiger charge is 2.29. The second kappa shape index (κ2) is 6.52. The lowest BCUT2D eigenvalue weighted by Crippen LogP contribution is -2.43. The van der Waals surface area contributed by atoms with Gasteiger partial charge in [-0.15, -0.1) is 0 Å². The highest BCUT2D eigenvalue weighted by Crippen LogP contribution is 2.31. The van der Waals surface area contributed by atoms with Gasteiger partial charge in [0.15, 0.2) is 0 Å². The molecule has 0 atom stereocenters. The van der Waals surface area contributed by atoms with E-state index in [0.717, 1.165) is 6.42 Å². The fraction of sp³-hybridized carbons (Fsp3) is 0.462. The smallest absolute Gasteiger partial charge is 0.338 e. The number of carboxylic acid groups (broad SMARTS) is 1. The van der Waals surface area contributed by atoms with Gasteiger partial charge in [0.1, 0.15) is 4.90 Å². The van der Waals surface area contributed by atoms with Crippen LogP contribution in [0.4, 0.5) is 0 Å². The molecular weight excluding hydrogens is 337 g/mol. The van der Waals surface area contributed by atoms with E-state index >= 15 is 0 Å². The molecule has 0 aliphatic rings. The van der Waals surface area contributed by atoms with Gasteiger partial charge in [0.05, 0.1) is 15.6 Å². The number of carbonyl (C=O) groups is 1. The Morgan fingerprint density at radius 3 is 2.38 bits per heavy atom. The van der Waals surface area contributed by atoms with Crippen LogP contribution in [0.25, 0.3) is 0 Å². The van der Waals surface area contributed by atoms with Crippen molar-refractivity contribution in [3.05, 3.63) is 27.7 Å². The van der Waals surface area contributed by atoms with E-state index in [9.17, 15) is 13.2 Å². The van der Waals surface area contributed by atoms with Crippen molar-refractivity contribution in [1.29, 1.82) is 0 Å². The van der Waals surface area contributed by atoms with Crippen molar-refractivity contribution in [3.63, 3.8) is 0 Å². The maximum atomic E-state index is 12.4. The van der Waals surface area contributed by atoms with Crippen molar-refractivity contribution in [2.75, 3.05) is 0 Å². The number of nitrogens with one attached hydrogen (secondary N) is 1. The third-order valence-electron chi connectivity index (χ3n) is 2.84. The summed E-state index contributed by atoms with van der Waals surface area (Å²) in [5.74, 6) is -1.38. The van der Waals surface area contributed by atoms with E-state index < -0.39 is 32.1 Å². The summed E-state index contributed by atoms with van der Waals surface area (Å²) in [5, 5.41) is 8.56. The summed E-state index contributed by atoms with van der Waals surface area (Å²) in [7, 11) is -3.95. The van der Waals surface area contributed by atoms with Gasteiger partial charge in [0.2, 0.25) is 10.0 Å². The lowest BCUT2D eigenvalue weighted by atomic mass is 10.0. The number of halogens is 2. The molecule has 0 bridgehead atoms. The summed E-state index contributed by atoms with van der Waals surface area (Å²) in [4.78, 5) is 10.8. The van der Waals surface area contributed by atoms with E-state index in [2.05, 4.69) is 4.72 Å². The Bertz CT molecular complexity index is 656. The first-order chi connectivity index (χ1) is 9.52. The first-order valence-electron chi connectivity index (χ1n) is 6.27. The summed E-state index contributed by atoms with van der Waals surface area (Å²) in [5.41, 5.74) is -1.09. The molecule has 0 saturated carbocycles. The van der Waals surface area contributed by atoms with Gasteiger partial charge >= 0.3 is 5.97 Å². The van der Waals surface area contributed by atoms with E-state index in [-0.39, 0.29) is 9.92 Å². The summed E-state index contributed by atoms with van der Waals surface area (Å²) < 4.78 is 27.3. The predicted octanol–water partition coefficient (Wildman–Crippen LogP) is 3.55. The topological polar surface area (TPSA) is 83.5 Å². The standard InChI is InChI=1S/C13H17Cl2NO4S/c1-4-7-13(2,3)16-21(19,20)9-6-5-8(14)10(11(9)15)12(17)18/h5-6,16H,4,7H2,1-3H3,(H,17,18). The summed E-state index contributed by atoms with van der Waals surface area (Å²) in [6.07, 6.45) is 1.42. The van der Waals surface area contributed by atoms with E-state index in [4.69, 9.17) is 28.3 Å². The summed E-state index contributed by atoms with van der Waals surface area (Å²) in [6, 6.07) is 2.40. The van der Waals surface area contributed by atoms with Gasteiger partial charge in [-0.2, -0.15) is 0 Å². The predicted molar refractivity (Wildman–Crippen MR) is 82.7 cm³/mol. The van der Waals surface area contributed by atoms with E-state index in [0.29, 0.717) is 6.42 Å². The van der Waals surface area contributed by atoms with Crippen molar-refractivity contribution in [2.45, 2.75) is 44.0 Å². The summed E-state index contributed by atoms with van der Waals surface area (Å²) >= 11 is 11.7. The molecule has 0 aliphatic heterocycles. The molecule has 1 rings (SSSR count). The van der Waals surface area contributed by atoms with Crippen molar-refractivity contribution in [1.82, 2.24) is 4.72 Å². The van der Waals surface area contributed by atoms with Crippen molar-refractivity contribution >= 4 is 39.2 Å². The minimum Gasteiger partial charge on any atom is -0.478 e. The highest BCUT2D eigenvalue weighted by atomic mass is 35.5. The highest BCUT2D eigenvalue weighted by molar-refractivity contribution is 7.89. The minimum atomic E-state index is -3.95. The Kier molecular flexibility index (Phi) is 5.66. The fourth-order valence-corrected chi connectivity index (χ4v) is 4.39. The molecule has 0 amide bonds. The van der Waals surface area contributed by atoms with Crippen LogP contribution < -0.4 is 4.72 Å². The van der Waals surface area contributed by atoms with Crippen molar-refractivity contribution in [2.24, 2.45) is 0 Å². The zero-order chi connectivity index (χ0) is 16.4. The zero-order valence-corrected chi connectivity index (χ0v) is 14.2. The third-order valence-corrected chi connectivity index (χ3v) is 5.40. The van der Waals surface area contributed by atoms with Crippen LogP contribution in [0.1, 0.15) is 44.0 Å². The second-order valence-corrected chi connectivity index (χ2v) is 7.72. The Morgan fingerprint density at radius 2 is 1.90 bits per heavy atom. The van der Waals surface area contributed by atoms with Crippen LogP contribution in [0.5, 0.6) is 0 Å². The quantitative estimate of drug-likeness (QED) is 0.818. The monoisotopic (exact) mass is 353 g/mol. The molecule has 0 saturated heterocycles. The van der Waals surface area contributed by atoms with Crippen LogP contribution in [-0.2, 0) is 10.0 Å². The van der Waals surface area contributed by atoms with Gasteiger partial charge in [-0.05, 0) is 32.4 Å². The molecule has 0 fully saturated rings. The lowest BCUT2D eigenvalue weighted by Gasteiger charge is -2.25. The van der Waals surface area contributed by atoms with Crippen LogP contribution in [0, 0.1) is 0 Å². The largest absolute Gasteiger partial charge is 0.478 e. The van der Waals surface area contributed by atoms with E-state index in [1.165, 1.54) is 12.1 Å². The normalized spacial score (nSPS) is 12.4. The lowest BCUT2D eigenvalue weighted by molar-refractivity contribution is 0.0697. The maximum absolute atomic E-state index is 12.4. The molecular formula is C13H17Cl2NO4S. The van der Waals surface area contributed by atoms with Gasteiger partial charge < -0.3 is 5.11 Å². The number of aromatic carboxylic acids is 1. The summed E-state index contributed by atoms with van der Waals surface area (Å²) in [6.45, 7) is 5.43. The SMILES string of the molecule is CCCC(C)(C)NS(=O)(=O)c1ccc(Cl)c(C(=O)O)c1Cl. The number of sulfonamides is 1. The van der Waals surface area contributed by atoms with Gasteiger partial charge in [-0.1, -0.05) is 36.5 Å². The molecule has 0 radical (unpaired) electrons.